The first kappa shape index (κ1) is 27.7. The van der Waals surface area contributed by atoms with E-state index in [1.54, 1.807) is 40.6 Å². The first-order valence-electron chi connectivity index (χ1n) is 11.0. The second kappa shape index (κ2) is 14.0. The molecule has 0 aromatic heterocycles. The molecule has 0 aliphatic carbocycles. The van der Waals surface area contributed by atoms with Crippen molar-refractivity contribution in [2.45, 2.75) is 18.7 Å². The van der Waals surface area contributed by atoms with Gasteiger partial charge in [0.25, 0.3) is 0 Å². The number of anilines is 1. The average Bonchev–Trinajstić information content (AvgIpc) is 2.91. The Balaban J connectivity index is 0.00000210. The molecule has 0 radical (unpaired) electrons. The van der Waals surface area contributed by atoms with Crippen molar-refractivity contribution in [1.29, 1.82) is 0 Å². The molecule has 1 N–H and O–H groups in total. The van der Waals surface area contributed by atoms with Crippen molar-refractivity contribution in [1.82, 2.24) is 0 Å². The lowest BCUT2D eigenvalue weighted by atomic mass is 10.1. The molecule has 0 unspecified atom stereocenters. The van der Waals surface area contributed by atoms with E-state index in [0.29, 0.717) is 27.9 Å². The van der Waals surface area contributed by atoms with Crippen LogP contribution in [0, 0.1) is 5.82 Å². The summed E-state index contributed by atoms with van der Waals surface area (Å²) in [7, 11) is 7.77. The molecule has 0 spiro atoms. The van der Waals surface area contributed by atoms with Crippen molar-refractivity contribution in [2.24, 2.45) is 0 Å². The third-order valence-electron chi connectivity index (χ3n) is 4.78. The van der Waals surface area contributed by atoms with Gasteiger partial charge in [0.2, 0.25) is 5.75 Å². The summed E-state index contributed by atoms with van der Waals surface area (Å²) in [4.78, 5) is 0.703. The van der Waals surface area contributed by atoms with Gasteiger partial charge in [0, 0.05) is 4.90 Å². The summed E-state index contributed by atoms with van der Waals surface area (Å²) in [5.74, 6) is 2.16. The Hall–Kier alpha value is -3.52. The molecule has 3 rings (SSSR count). The zero-order valence-electron chi connectivity index (χ0n) is 21.1. The quantitative estimate of drug-likeness (QED) is 0.233. The minimum Gasteiger partial charge on any atom is -0.495 e. The molecule has 0 atom stereocenters. The monoisotopic (exact) mass is 501 g/mol. The second-order valence-electron chi connectivity index (χ2n) is 6.75. The van der Waals surface area contributed by atoms with Gasteiger partial charge in [0.1, 0.15) is 5.75 Å². The van der Waals surface area contributed by atoms with E-state index in [9.17, 15) is 4.39 Å². The summed E-state index contributed by atoms with van der Waals surface area (Å²) in [6, 6.07) is 14.3. The molecule has 3 aromatic carbocycles. The summed E-state index contributed by atoms with van der Waals surface area (Å²) < 4.78 is 43.8. The van der Waals surface area contributed by atoms with Gasteiger partial charge < -0.3 is 28.4 Å². The zero-order chi connectivity index (χ0) is 25.8. The number of methoxy groups -OCH3 is 5. The Kier molecular flexibility index (Phi) is 11.1. The van der Waals surface area contributed by atoms with Crippen LogP contribution in [-0.2, 0) is 0 Å². The van der Waals surface area contributed by atoms with Crippen LogP contribution in [0.15, 0.2) is 53.4 Å². The number of nitrogens with one attached hydrogen (secondary N) is 1. The Morgan fingerprint density at radius 2 is 1.23 bits per heavy atom. The molecule has 0 bridgehead atoms. The minimum atomic E-state index is -0.418. The number of hydrogen-bond donors (Lipinski definition) is 1. The fraction of sp³-hybridized carbons (Fsp3) is 0.259. The number of benzene rings is 3. The molecule has 0 saturated heterocycles. The van der Waals surface area contributed by atoms with E-state index in [4.69, 9.17) is 23.7 Å². The number of halogens is 1. The normalized spacial score (nSPS) is 10.3. The van der Waals surface area contributed by atoms with E-state index in [1.807, 2.05) is 56.3 Å². The number of rotatable bonds is 10. The molecule has 0 aliphatic rings. The maximum absolute atomic E-state index is 14.0. The van der Waals surface area contributed by atoms with Crippen molar-refractivity contribution in [2.75, 3.05) is 40.3 Å². The maximum atomic E-state index is 14.0. The molecule has 8 heteroatoms. The van der Waals surface area contributed by atoms with E-state index in [0.717, 1.165) is 16.8 Å². The summed E-state index contributed by atoms with van der Waals surface area (Å²) in [5, 5.41) is 0. The molecule has 35 heavy (non-hydrogen) atoms. The summed E-state index contributed by atoms with van der Waals surface area (Å²) in [6.07, 6.45) is 3.91. The van der Waals surface area contributed by atoms with Crippen LogP contribution in [0.4, 0.5) is 10.1 Å². The van der Waals surface area contributed by atoms with Crippen molar-refractivity contribution in [3.63, 3.8) is 0 Å². The highest BCUT2D eigenvalue weighted by atomic mass is 32.2. The Bertz CT molecular complexity index is 1110. The van der Waals surface area contributed by atoms with Crippen molar-refractivity contribution in [3.8, 4) is 28.7 Å². The number of ether oxygens (including phenoxy) is 5. The predicted molar refractivity (Wildman–Crippen MR) is 142 cm³/mol. The SMILES string of the molecule is CC.COc1ccc(SNc2cc(/C=C\c3cc(OC)c(OC)c(OC)c3)ccc2OC)cc1F. The van der Waals surface area contributed by atoms with Crippen LogP contribution in [0.5, 0.6) is 28.7 Å². The van der Waals surface area contributed by atoms with Gasteiger partial charge >= 0.3 is 0 Å². The maximum Gasteiger partial charge on any atom is 0.203 e. The van der Waals surface area contributed by atoms with E-state index in [-0.39, 0.29) is 5.75 Å². The second-order valence-corrected chi connectivity index (χ2v) is 7.63. The van der Waals surface area contributed by atoms with Gasteiger partial charge in [-0.05, 0) is 65.5 Å². The van der Waals surface area contributed by atoms with E-state index in [1.165, 1.54) is 25.1 Å². The van der Waals surface area contributed by atoms with Crippen molar-refractivity contribution < 1.29 is 28.1 Å². The Labute approximate surface area is 211 Å². The molecular formula is C27H32FNO5S. The minimum absolute atomic E-state index is 0.204. The third kappa shape index (κ3) is 7.23. The first-order valence-corrected chi connectivity index (χ1v) is 11.8. The molecule has 0 heterocycles. The predicted octanol–water partition coefficient (Wildman–Crippen LogP) is 7.18. The highest BCUT2D eigenvalue weighted by molar-refractivity contribution is 8.00. The molecule has 6 nitrogen and oxygen atoms in total. The fourth-order valence-electron chi connectivity index (χ4n) is 3.12. The van der Waals surface area contributed by atoms with Crippen LogP contribution in [0.2, 0.25) is 0 Å². The molecule has 0 saturated carbocycles. The van der Waals surface area contributed by atoms with Gasteiger partial charge in [-0.3, -0.25) is 0 Å². The Morgan fingerprint density at radius 3 is 1.77 bits per heavy atom. The van der Waals surface area contributed by atoms with Crippen LogP contribution < -0.4 is 28.4 Å². The third-order valence-corrected chi connectivity index (χ3v) is 5.59. The van der Waals surface area contributed by atoms with Gasteiger partial charge in [0.05, 0.1) is 41.2 Å². The topological polar surface area (TPSA) is 58.2 Å². The van der Waals surface area contributed by atoms with Crippen molar-refractivity contribution in [3.05, 3.63) is 65.5 Å². The van der Waals surface area contributed by atoms with Crippen molar-refractivity contribution >= 4 is 29.8 Å². The lowest BCUT2D eigenvalue weighted by Gasteiger charge is -2.13. The van der Waals surface area contributed by atoms with Gasteiger partial charge in [-0.2, -0.15) is 0 Å². The average molecular weight is 502 g/mol. The fourth-order valence-corrected chi connectivity index (χ4v) is 3.81. The van der Waals surface area contributed by atoms with Gasteiger partial charge in [-0.1, -0.05) is 32.1 Å². The molecule has 188 valence electrons. The highest BCUT2D eigenvalue weighted by Crippen LogP contribution is 2.39. The first-order chi connectivity index (χ1) is 17.0. The van der Waals surface area contributed by atoms with E-state index < -0.39 is 5.82 Å². The largest absolute Gasteiger partial charge is 0.495 e. The van der Waals surface area contributed by atoms with Crippen LogP contribution >= 0.6 is 11.9 Å². The smallest absolute Gasteiger partial charge is 0.203 e. The van der Waals surface area contributed by atoms with E-state index >= 15 is 0 Å². The van der Waals surface area contributed by atoms with Crippen LogP contribution in [0.1, 0.15) is 25.0 Å². The Morgan fingerprint density at radius 1 is 0.657 bits per heavy atom. The summed E-state index contributed by atoms with van der Waals surface area (Å²) >= 11 is 1.28. The van der Waals surface area contributed by atoms with Gasteiger partial charge in [0.15, 0.2) is 23.1 Å². The van der Waals surface area contributed by atoms with E-state index in [2.05, 4.69) is 4.72 Å². The number of hydrogen-bond acceptors (Lipinski definition) is 7. The van der Waals surface area contributed by atoms with Gasteiger partial charge in [-0.15, -0.1) is 0 Å². The summed E-state index contributed by atoms with van der Waals surface area (Å²) in [5.41, 5.74) is 2.58. The molecule has 0 fully saturated rings. The van der Waals surface area contributed by atoms with Crippen LogP contribution in [0.3, 0.4) is 0 Å². The highest BCUT2D eigenvalue weighted by Gasteiger charge is 2.12. The van der Waals surface area contributed by atoms with Gasteiger partial charge in [-0.25, -0.2) is 4.39 Å². The zero-order valence-corrected chi connectivity index (χ0v) is 21.9. The molecule has 0 amide bonds. The molecule has 3 aromatic rings. The van der Waals surface area contributed by atoms with Crippen LogP contribution in [0.25, 0.3) is 12.2 Å². The van der Waals surface area contributed by atoms with Crippen LogP contribution in [-0.4, -0.2) is 35.5 Å². The standard InChI is InChI=1S/C25H26FNO5S.C2H6/c1-28-21-11-9-18(15-19(21)26)33-27-20-12-16(8-10-22(20)29-2)6-7-17-13-23(30-3)25(32-5)24(14-17)31-4;1-2/h6-15,27H,1-5H3;1-2H3/b7-6-;. The molecule has 0 aliphatic heterocycles. The lowest BCUT2D eigenvalue weighted by molar-refractivity contribution is 0.324. The molecular weight excluding hydrogens is 469 g/mol. The summed E-state index contributed by atoms with van der Waals surface area (Å²) in [6.45, 7) is 4.00. The lowest BCUT2D eigenvalue weighted by Crippen LogP contribution is -1.95.